The quantitative estimate of drug-likeness (QED) is 0.889. The van der Waals surface area contributed by atoms with E-state index in [2.05, 4.69) is 10.2 Å². The Hall–Kier alpha value is -1.26. The Morgan fingerprint density at radius 2 is 2.16 bits per heavy atom. The van der Waals surface area contributed by atoms with Crippen molar-refractivity contribution in [3.63, 3.8) is 0 Å². The molecule has 2 aliphatic heterocycles. The summed E-state index contributed by atoms with van der Waals surface area (Å²) < 4.78 is 0. The number of nitrogens with two attached hydrogens (primary N) is 1. The average molecular weight is 280 g/mol. The van der Waals surface area contributed by atoms with E-state index in [0.717, 1.165) is 18.7 Å². The lowest BCUT2D eigenvalue weighted by molar-refractivity contribution is 0.100. The molecule has 1 amide bonds. The molecule has 0 aliphatic carbocycles. The van der Waals surface area contributed by atoms with Gasteiger partial charge in [-0.1, -0.05) is 11.6 Å². The highest BCUT2D eigenvalue weighted by Crippen LogP contribution is 2.32. The van der Waals surface area contributed by atoms with E-state index in [-0.39, 0.29) is 0 Å². The summed E-state index contributed by atoms with van der Waals surface area (Å²) in [6, 6.07) is 5.59. The van der Waals surface area contributed by atoms with Crippen molar-refractivity contribution in [3.8, 4) is 0 Å². The number of carbonyl (C=O) groups excluding carboxylic acids is 1. The van der Waals surface area contributed by atoms with E-state index in [1.165, 1.54) is 19.5 Å². The smallest absolute Gasteiger partial charge is 0.248 e. The van der Waals surface area contributed by atoms with Crippen LogP contribution in [0.15, 0.2) is 18.2 Å². The molecule has 3 atom stereocenters. The zero-order valence-electron chi connectivity index (χ0n) is 10.7. The molecule has 4 nitrogen and oxygen atoms in total. The van der Waals surface area contributed by atoms with Gasteiger partial charge < -0.3 is 16.0 Å². The minimum Gasteiger partial charge on any atom is -0.381 e. The number of primary amides is 1. The molecular weight excluding hydrogens is 262 g/mol. The van der Waals surface area contributed by atoms with E-state index in [4.69, 9.17) is 17.3 Å². The van der Waals surface area contributed by atoms with Crippen molar-refractivity contribution in [1.82, 2.24) is 4.90 Å². The number of nitrogens with one attached hydrogen (secondary N) is 1. The summed E-state index contributed by atoms with van der Waals surface area (Å²) in [5.41, 5.74) is 6.63. The van der Waals surface area contributed by atoms with Crippen molar-refractivity contribution in [1.29, 1.82) is 0 Å². The Balaban J connectivity index is 1.78. The first-order valence-electron chi connectivity index (χ1n) is 6.72. The highest BCUT2D eigenvalue weighted by Gasteiger charge is 2.34. The van der Waals surface area contributed by atoms with Gasteiger partial charge in [-0.25, -0.2) is 0 Å². The Morgan fingerprint density at radius 3 is 2.95 bits per heavy atom. The predicted molar refractivity (Wildman–Crippen MR) is 76.5 cm³/mol. The number of rotatable bonds is 3. The van der Waals surface area contributed by atoms with Crippen LogP contribution < -0.4 is 11.1 Å². The standard InChI is InChI=1S/C14H18ClN3O/c15-11-2-1-9(14(16)19)7-13(11)17-12-4-6-18-5-3-10(12)8-18/h1-2,7,10,12,17H,3-6,8H2,(H2,16,19). The van der Waals surface area contributed by atoms with E-state index in [9.17, 15) is 4.79 Å². The number of hydrogen-bond acceptors (Lipinski definition) is 3. The Labute approximate surface area is 117 Å². The van der Waals surface area contributed by atoms with Gasteiger partial charge in [0.25, 0.3) is 0 Å². The molecule has 3 N–H and O–H groups in total. The molecular formula is C14H18ClN3O. The van der Waals surface area contributed by atoms with Crippen molar-refractivity contribution in [2.24, 2.45) is 11.7 Å². The molecule has 3 unspecified atom stereocenters. The molecule has 19 heavy (non-hydrogen) atoms. The minimum absolute atomic E-state index is 0.421. The molecule has 1 aromatic carbocycles. The fourth-order valence-corrected chi connectivity index (χ4v) is 3.30. The van der Waals surface area contributed by atoms with Gasteiger partial charge in [-0.05, 0) is 43.5 Å². The van der Waals surface area contributed by atoms with Crippen LogP contribution in [0, 0.1) is 5.92 Å². The van der Waals surface area contributed by atoms with Crippen LogP contribution in [0.1, 0.15) is 23.2 Å². The normalized spacial score (nSPS) is 29.2. The molecule has 0 saturated carbocycles. The Bertz CT molecular complexity index is 505. The molecule has 0 spiro atoms. The van der Waals surface area contributed by atoms with Gasteiger partial charge in [0.1, 0.15) is 0 Å². The number of nitrogens with zero attached hydrogens (tertiary/aromatic N) is 1. The maximum atomic E-state index is 11.2. The zero-order chi connectivity index (χ0) is 13.4. The van der Waals surface area contributed by atoms with Crippen LogP contribution in [-0.2, 0) is 0 Å². The van der Waals surface area contributed by atoms with E-state index in [1.54, 1.807) is 18.2 Å². The highest BCUT2D eigenvalue weighted by molar-refractivity contribution is 6.33. The van der Waals surface area contributed by atoms with Crippen LogP contribution in [0.4, 0.5) is 5.69 Å². The molecule has 2 bridgehead atoms. The lowest BCUT2D eigenvalue weighted by Crippen LogP contribution is -2.39. The molecule has 102 valence electrons. The maximum absolute atomic E-state index is 11.2. The summed E-state index contributed by atoms with van der Waals surface area (Å²) in [7, 11) is 0. The van der Waals surface area contributed by atoms with Crippen LogP contribution in [0.3, 0.4) is 0 Å². The van der Waals surface area contributed by atoms with Gasteiger partial charge in [-0.3, -0.25) is 4.79 Å². The number of fused-ring (bicyclic) bond motifs is 2. The number of piperidine rings is 1. The van der Waals surface area contributed by atoms with Crippen LogP contribution in [0.25, 0.3) is 0 Å². The van der Waals surface area contributed by atoms with Crippen LogP contribution in [0.5, 0.6) is 0 Å². The molecule has 2 saturated heterocycles. The maximum Gasteiger partial charge on any atom is 0.248 e. The fourth-order valence-electron chi connectivity index (χ4n) is 3.13. The minimum atomic E-state index is -0.421. The third-order valence-electron chi connectivity index (χ3n) is 4.23. The summed E-state index contributed by atoms with van der Waals surface area (Å²) >= 11 is 6.20. The largest absolute Gasteiger partial charge is 0.381 e. The second-order valence-corrected chi connectivity index (χ2v) is 5.85. The molecule has 1 aromatic rings. The lowest BCUT2D eigenvalue weighted by Gasteiger charge is -2.32. The number of halogens is 1. The van der Waals surface area contributed by atoms with E-state index < -0.39 is 5.91 Å². The first-order valence-corrected chi connectivity index (χ1v) is 7.09. The summed E-state index contributed by atoms with van der Waals surface area (Å²) in [6.07, 6.45) is 2.37. The predicted octanol–water partition coefficient (Wildman–Crippen LogP) is 1.95. The van der Waals surface area contributed by atoms with Crippen molar-refractivity contribution in [3.05, 3.63) is 28.8 Å². The Morgan fingerprint density at radius 1 is 1.37 bits per heavy atom. The van der Waals surface area contributed by atoms with Crippen molar-refractivity contribution >= 4 is 23.2 Å². The number of benzene rings is 1. The van der Waals surface area contributed by atoms with Gasteiger partial charge in [0.2, 0.25) is 5.91 Å². The molecule has 2 heterocycles. The van der Waals surface area contributed by atoms with E-state index in [0.29, 0.717) is 22.5 Å². The third kappa shape index (κ3) is 2.55. The average Bonchev–Trinajstić information content (AvgIpc) is 2.78. The van der Waals surface area contributed by atoms with Crippen LogP contribution in [-0.4, -0.2) is 36.5 Å². The molecule has 3 rings (SSSR count). The third-order valence-corrected chi connectivity index (χ3v) is 4.56. The second-order valence-electron chi connectivity index (χ2n) is 5.45. The molecule has 0 radical (unpaired) electrons. The summed E-state index contributed by atoms with van der Waals surface area (Å²) in [5, 5.41) is 4.15. The first-order chi connectivity index (χ1) is 9.13. The zero-order valence-corrected chi connectivity index (χ0v) is 11.5. The monoisotopic (exact) mass is 279 g/mol. The van der Waals surface area contributed by atoms with Crippen LogP contribution >= 0.6 is 11.6 Å². The molecule has 5 heteroatoms. The van der Waals surface area contributed by atoms with Gasteiger partial charge in [0, 0.05) is 24.7 Å². The molecule has 2 fully saturated rings. The molecule has 0 aromatic heterocycles. The van der Waals surface area contributed by atoms with E-state index in [1.807, 2.05) is 0 Å². The molecule has 2 aliphatic rings. The van der Waals surface area contributed by atoms with Crippen molar-refractivity contribution in [2.75, 3.05) is 25.0 Å². The number of hydrogen-bond donors (Lipinski definition) is 2. The van der Waals surface area contributed by atoms with Gasteiger partial charge in [0.05, 0.1) is 10.7 Å². The van der Waals surface area contributed by atoms with Crippen molar-refractivity contribution < 1.29 is 4.79 Å². The van der Waals surface area contributed by atoms with Crippen LogP contribution in [0.2, 0.25) is 5.02 Å². The van der Waals surface area contributed by atoms with Crippen molar-refractivity contribution in [2.45, 2.75) is 18.9 Å². The highest BCUT2D eigenvalue weighted by atomic mass is 35.5. The summed E-state index contributed by atoms with van der Waals surface area (Å²) in [4.78, 5) is 13.7. The summed E-state index contributed by atoms with van der Waals surface area (Å²) in [6.45, 7) is 3.52. The van der Waals surface area contributed by atoms with E-state index >= 15 is 0 Å². The number of anilines is 1. The first kappa shape index (κ1) is 12.8. The van der Waals surface area contributed by atoms with Gasteiger partial charge >= 0.3 is 0 Å². The lowest BCUT2D eigenvalue weighted by atomic mass is 9.94. The second kappa shape index (κ2) is 5.02. The number of carbonyl (C=O) groups is 1. The van der Waals surface area contributed by atoms with Gasteiger partial charge in [-0.15, -0.1) is 0 Å². The SMILES string of the molecule is NC(=O)c1ccc(Cl)c(NC2CCN3CCC2C3)c1. The van der Waals surface area contributed by atoms with Gasteiger partial charge in [-0.2, -0.15) is 0 Å². The number of amides is 1. The topological polar surface area (TPSA) is 58.4 Å². The Kier molecular flexibility index (Phi) is 3.37. The van der Waals surface area contributed by atoms with Gasteiger partial charge in [0.15, 0.2) is 0 Å². The fraction of sp³-hybridized carbons (Fsp3) is 0.500. The summed E-state index contributed by atoms with van der Waals surface area (Å²) in [5.74, 6) is 0.262.